The molecule has 82 valence electrons. The van der Waals surface area contributed by atoms with E-state index < -0.39 is 0 Å². The zero-order valence-corrected chi connectivity index (χ0v) is 9.62. The molecular weight excluding hydrogens is 196 g/mol. The average molecular weight is 212 g/mol. The number of hydrogen-bond acceptors (Lipinski definition) is 1. The quantitative estimate of drug-likeness (QED) is 0.721. The maximum absolute atomic E-state index is 5.93. The number of furan rings is 1. The van der Waals surface area contributed by atoms with Gasteiger partial charge in [0.1, 0.15) is 11.3 Å². The highest BCUT2D eigenvalue weighted by Gasteiger charge is 2.14. The second-order valence-electron chi connectivity index (χ2n) is 4.46. The molecule has 0 fully saturated rings. The first-order chi connectivity index (χ1) is 7.88. The molecule has 0 unspecified atom stereocenters. The molecule has 0 atom stereocenters. The average Bonchev–Trinajstić information content (AvgIpc) is 2.67. The summed E-state index contributed by atoms with van der Waals surface area (Å²) in [6, 6.07) is 6.63. The van der Waals surface area contributed by atoms with Crippen LogP contribution in [0.25, 0.3) is 17.0 Å². The van der Waals surface area contributed by atoms with Gasteiger partial charge in [-0.25, -0.2) is 0 Å². The SMILES string of the molecule is CCCc1ccc2c3c(oc2c1)CCC=C3. The van der Waals surface area contributed by atoms with Gasteiger partial charge in [-0.05, 0) is 24.5 Å². The molecule has 1 heterocycles. The fraction of sp³-hybridized carbons (Fsp3) is 0.333. The highest BCUT2D eigenvalue weighted by atomic mass is 16.3. The molecule has 1 aliphatic rings. The van der Waals surface area contributed by atoms with Crippen LogP contribution in [-0.2, 0) is 12.8 Å². The van der Waals surface area contributed by atoms with Gasteiger partial charge >= 0.3 is 0 Å². The summed E-state index contributed by atoms with van der Waals surface area (Å²) in [7, 11) is 0. The third-order valence-electron chi connectivity index (χ3n) is 3.23. The van der Waals surface area contributed by atoms with Gasteiger partial charge in [-0.1, -0.05) is 37.6 Å². The molecule has 1 aliphatic carbocycles. The third-order valence-corrected chi connectivity index (χ3v) is 3.23. The second-order valence-corrected chi connectivity index (χ2v) is 4.46. The number of hydrogen-bond donors (Lipinski definition) is 0. The van der Waals surface area contributed by atoms with E-state index in [4.69, 9.17) is 4.42 Å². The Labute approximate surface area is 95.8 Å². The van der Waals surface area contributed by atoms with Gasteiger partial charge in [0, 0.05) is 17.4 Å². The summed E-state index contributed by atoms with van der Waals surface area (Å²) < 4.78 is 5.93. The molecule has 0 spiro atoms. The maximum Gasteiger partial charge on any atom is 0.135 e. The summed E-state index contributed by atoms with van der Waals surface area (Å²) >= 11 is 0. The first-order valence-electron chi connectivity index (χ1n) is 6.09. The van der Waals surface area contributed by atoms with Gasteiger partial charge in [0.05, 0.1) is 0 Å². The second kappa shape index (κ2) is 3.82. The van der Waals surface area contributed by atoms with E-state index in [1.54, 1.807) is 0 Å². The van der Waals surface area contributed by atoms with Crippen LogP contribution < -0.4 is 0 Å². The Morgan fingerprint density at radius 3 is 3.12 bits per heavy atom. The summed E-state index contributed by atoms with van der Waals surface area (Å²) in [6.07, 6.45) is 8.91. The third kappa shape index (κ3) is 1.47. The van der Waals surface area contributed by atoms with Crippen molar-refractivity contribution in [2.75, 3.05) is 0 Å². The Hall–Kier alpha value is -1.50. The Morgan fingerprint density at radius 2 is 2.25 bits per heavy atom. The molecule has 0 bridgehead atoms. The van der Waals surface area contributed by atoms with Crippen LogP contribution in [0.4, 0.5) is 0 Å². The first kappa shape index (κ1) is 9.71. The minimum atomic E-state index is 1.05. The lowest BCUT2D eigenvalue weighted by molar-refractivity contribution is 0.546. The first-order valence-corrected chi connectivity index (χ1v) is 6.09. The van der Waals surface area contributed by atoms with E-state index >= 15 is 0 Å². The molecule has 0 amide bonds. The van der Waals surface area contributed by atoms with Crippen LogP contribution >= 0.6 is 0 Å². The predicted molar refractivity (Wildman–Crippen MR) is 67.6 cm³/mol. The van der Waals surface area contributed by atoms with Crippen molar-refractivity contribution in [3.63, 3.8) is 0 Å². The lowest BCUT2D eigenvalue weighted by Gasteiger charge is -2.01. The standard InChI is InChI=1S/C15H16O/c1-2-5-11-8-9-13-12-6-3-4-7-14(12)16-15(13)10-11/h3,6,8-10H,2,4-5,7H2,1H3. The van der Waals surface area contributed by atoms with Gasteiger partial charge in [-0.2, -0.15) is 0 Å². The predicted octanol–water partition coefficient (Wildman–Crippen LogP) is 4.34. The highest BCUT2D eigenvalue weighted by Crippen LogP contribution is 2.31. The summed E-state index contributed by atoms with van der Waals surface area (Å²) in [6.45, 7) is 2.21. The Kier molecular flexibility index (Phi) is 2.32. The highest BCUT2D eigenvalue weighted by molar-refractivity contribution is 5.89. The van der Waals surface area contributed by atoms with Gasteiger partial charge in [-0.3, -0.25) is 0 Å². The van der Waals surface area contributed by atoms with Gasteiger partial charge in [0.2, 0.25) is 0 Å². The number of aryl methyl sites for hydroxylation is 2. The van der Waals surface area contributed by atoms with Crippen molar-refractivity contribution in [1.29, 1.82) is 0 Å². The summed E-state index contributed by atoms with van der Waals surface area (Å²) in [5.74, 6) is 1.16. The van der Waals surface area contributed by atoms with Crippen molar-refractivity contribution in [2.45, 2.75) is 32.6 Å². The van der Waals surface area contributed by atoms with E-state index in [2.05, 4.69) is 37.3 Å². The lowest BCUT2D eigenvalue weighted by atomic mass is 10.0. The van der Waals surface area contributed by atoms with Gasteiger partial charge in [0.25, 0.3) is 0 Å². The van der Waals surface area contributed by atoms with Crippen molar-refractivity contribution in [3.05, 3.63) is 41.2 Å². The van der Waals surface area contributed by atoms with Crippen LogP contribution in [0.3, 0.4) is 0 Å². The number of rotatable bonds is 2. The number of benzene rings is 1. The van der Waals surface area contributed by atoms with E-state index in [-0.39, 0.29) is 0 Å². The maximum atomic E-state index is 5.93. The monoisotopic (exact) mass is 212 g/mol. The van der Waals surface area contributed by atoms with Crippen molar-refractivity contribution in [3.8, 4) is 0 Å². The van der Waals surface area contributed by atoms with Gasteiger partial charge in [0.15, 0.2) is 0 Å². The molecule has 0 N–H and O–H groups in total. The van der Waals surface area contributed by atoms with Crippen molar-refractivity contribution in [1.82, 2.24) is 0 Å². The minimum Gasteiger partial charge on any atom is -0.460 e. The Balaban J connectivity index is 2.16. The smallest absolute Gasteiger partial charge is 0.135 e. The zero-order chi connectivity index (χ0) is 11.0. The molecular formula is C15H16O. The van der Waals surface area contributed by atoms with Crippen LogP contribution in [-0.4, -0.2) is 0 Å². The fourth-order valence-corrected chi connectivity index (χ4v) is 2.44. The van der Waals surface area contributed by atoms with Crippen molar-refractivity contribution in [2.24, 2.45) is 0 Å². The van der Waals surface area contributed by atoms with Crippen LogP contribution in [0.1, 0.15) is 36.7 Å². The van der Waals surface area contributed by atoms with Crippen molar-refractivity contribution >= 4 is 17.0 Å². The van der Waals surface area contributed by atoms with E-state index in [1.807, 2.05) is 0 Å². The molecule has 16 heavy (non-hydrogen) atoms. The lowest BCUT2D eigenvalue weighted by Crippen LogP contribution is -1.88. The summed E-state index contributed by atoms with van der Waals surface area (Å²) in [5, 5.41) is 1.27. The van der Waals surface area contributed by atoms with Crippen LogP contribution in [0, 0.1) is 0 Å². The minimum absolute atomic E-state index is 1.05. The van der Waals surface area contributed by atoms with Crippen LogP contribution in [0.2, 0.25) is 0 Å². The van der Waals surface area contributed by atoms with Gasteiger partial charge < -0.3 is 4.42 Å². The molecule has 0 radical (unpaired) electrons. The largest absolute Gasteiger partial charge is 0.460 e. The molecule has 1 heteroatoms. The number of allylic oxidation sites excluding steroid dienone is 1. The molecule has 0 saturated carbocycles. The topological polar surface area (TPSA) is 13.1 Å². The normalized spacial score (nSPS) is 14.3. The zero-order valence-electron chi connectivity index (χ0n) is 9.62. The Morgan fingerprint density at radius 1 is 1.31 bits per heavy atom. The summed E-state index contributed by atoms with van der Waals surface area (Å²) in [4.78, 5) is 0. The molecule has 0 aliphatic heterocycles. The number of fused-ring (bicyclic) bond motifs is 3. The van der Waals surface area contributed by atoms with Gasteiger partial charge in [-0.15, -0.1) is 0 Å². The molecule has 0 saturated heterocycles. The van der Waals surface area contributed by atoms with Crippen LogP contribution in [0.5, 0.6) is 0 Å². The Bertz CT molecular complexity index is 546. The van der Waals surface area contributed by atoms with E-state index in [0.29, 0.717) is 0 Å². The molecule has 2 aromatic rings. The molecule has 3 rings (SSSR count). The molecule has 1 nitrogen and oxygen atoms in total. The van der Waals surface area contributed by atoms with E-state index in [0.717, 1.165) is 30.6 Å². The van der Waals surface area contributed by atoms with E-state index in [1.165, 1.54) is 22.9 Å². The van der Waals surface area contributed by atoms with Crippen LogP contribution in [0.15, 0.2) is 28.7 Å². The summed E-state index contributed by atoms with van der Waals surface area (Å²) in [5.41, 5.74) is 3.73. The van der Waals surface area contributed by atoms with Crippen molar-refractivity contribution < 1.29 is 4.42 Å². The fourth-order valence-electron chi connectivity index (χ4n) is 2.44. The molecule has 1 aromatic heterocycles. The van der Waals surface area contributed by atoms with E-state index in [9.17, 15) is 0 Å². The molecule has 1 aromatic carbocycles.